The summed E-state index contributed by atoms with van der Waals surface area (Å²) >= 11 is 0. The molecule has 2 aromatic carbocycles. The first-order valence-electron chi connectivity index (χ1n) is 8.27. The predicted octanol–water partition coefficient (Wildman–Crippen LogP) is 4.35. The molecule has 5 heteroatoms. The number of aryl methyl sites for hydroxylation is 2. The first kappa shape index (κ1) is 18.3. The van der Waals surface area contributed by atoms with Crippen molar-refractivity contribution in [3.8, 4) is 28.5 Å². The molecule has 0 fully saturated rings. The molecule has 0 aliphatic heterocycles. The van der Waals surface area contributed by atoms with Gasteiger partial charge in [0.1, 0.15) is 11.6 Å². The minimum atomic E-state index is 0. The normalized spacial score (nSPS) is 10.6. The summed E-state index contributed by atoms with van der Waals surface area (Å²) in [6.07, 6.45) is 1.92. The van der Waals surface area contributed by atoms with Crippen molar-refractivity contribution < 1.29 is 19.5 Å². The standard InChI is InChI=1S/C21H19N4.Rh/c1-15-21(24(3)16(2)23-15)25-19(17-10-6-4-7-11-17)14-22-20(25)18-12-8-5-9-13-18;/h4-12,14H,1-3H3;/q-1;. The van der Waals surface area contributed by atoms with Gasteiger partial charge in [-0.2, -0.15) is 0 Å². The Labute approximate surface area is 166 Å². The number of nitrogens with zero attached hydrogens (tertiary/aromatic N) is 4. The van der Waals surface area contributed by atoms with Gasteiger partial charge < -0.3 is 9.13 Å². The minimum Gasteiger partial charge on any atom is -0.318 e. The van der Waals surface area contributed by atoms with Gasteiger partial charge in [0.05, 0.1) is 17.2 Å². The van der Waals surface area contributed by atoms with Gasteiger partial charge in [0.2, 0.25) is 0 Å². The summed E-state index contributed by atoms with van der Waals surface area (Å²) in [5.41, 5.74) is 4.10. The third kappa shape index (κ3) is 3.04. The number of benzene rings is 2. The van der Waals surface area contributed by atoms with Gasteiger partial charge in [0.25, 0.3) is 0 Å². The summed E-state index contributed by atoms with van der Waals surface area (Å²) in [5.74, 6) is 2.87. The van der Waals surface area contributed by atoms with Crippen molar-refractivity contribution in [2.45, 2.75) is 13.8 Å². The second-order valence-electron chi connectivity index (χ2n) is 6.07. The average molecular weight is 430 g/mol. The van der Waals surface area contributed by atoms with Crippen LogP contribution in [0.3, 0.4) is 0 Å². The third-order valence-electron chi connectivity index (χ3n) is 4.45. The van der Waals surface area contributed by atoms with E-state index in [0.717, 1.165) is 40.0 Å². The maximum Gasteiger partial charge on any atom is 0.133 e. The molecule has 0 N–H and O–H groups in total. The van der Waals surface area contributed by atoms with E-state index < -0.39 is 0 Å². The van der Waals surface area contributed by atoms with Crippen molar-refractivity contribution in [3.63, 3.8) is 0 Å². The van der Waals surface area contributed by atoms with E-state index in [9.17, 15) is 0 Å². The van der Waals surface area contributed by atoms with Crippen LogP contribution in [0.15, 0.2) is 60.8 Å². The number of hydrogen-bond acceptors (Lipinski definition) is 2. The van der Waals surface area contributed by atoms with Crippen LogP contribution in [0, 0.1) is 19.9 Å². The Balaban J connectivity index is 0.00000196. The molecule has 0 unspecified atom stereocenters. The van der Waals surface area contributed by atoms with Crippen molar-refractivity contribution in [3.05, 3.63) is 78.4 Å². The van der Waals surface area contributed by atoms with Gasteiger partial charge >= 0.3 is 0 Å². The Bertz CT molecular complexity index is 960. The summed E-state index contributed by atoms with van der Waals surface area (Å²) in [6, 6.07) is 21.5. The van der Waals surface area contributed by atoms with E-state index in [1.165, 1.54) is 0 Å². The Morgan fingerprint density at radius 3 is 2.31 bits per heavy atom. The van der Waals surface area contributed by atoms with Crippen molar-refractivity contribution in [2.75, 3.05) is 0 Å². The molecule has 4 aromatic rings. The fourth-order valence-electron chi connectivity index (χ4n) is 3.18. The summed E-state index contributed by atoms with van der Waals surface area (Å²) in [5, 5.41) is 0. The van der Waals surface area contributed by atoms with E-state index in [-0.39, 0.29) is 19.5 Å². The first-order chi connectivity index (χ1) is 12.2. The van der Waals surface area contributed by atoms with Crippen LogP contribution in [-0.4, -0.2) is 19.1 Å². The van der Waals surface area contributed by atoms with E-state index in [0.29, 0.717) is 0 Å². The van der Waals surface area contributed by atoms with Crippen LogP contribution in [0.25, 0.3) is 28.5 Å². The van der Waals surface area contributed by atoms with E-state index in [2.05, 4.69) is 32.3 Å². The molecule has 0 aliphatic rings. The summed E-state index contributed by atoms with van der Waals surface area (Å²) in [6.45, 7) is 4.06. The Kier molecular flexibility index (Phi) is 5.19. The van der Waals surface area contributed by atoms with Crippen LogP contribution >= 0.6 is 0 Å². The topological polar surface area (TPSA) is 35.6 Å². The molecule has 2 aromatic heterocycles. The Morgan fingerprint density at radius 1 is 0.962 bits per heavy atom. The molecule has 0 saturated heterocycles. The van der Waals surface area contributed by atoms with Crippen molar-refractivity contribution in [1.29, 1.82) is 0 Å². The monoisotopic (exact) mass is 430 g/mol. The Hall–Kier alpha value is -2.52. The molecule has 1 radical (unpaired) electrons. The maximum absolute atomic E-state index is 4.72. The second-order valence-corrected chi connectivity index (χ2v) is 6.07. The predicted molar refractivity (Wildman–Crippen MR) is 99.5 cm³/mol. The van der Waals surface area contributed by atoms with Crippen LogP contribution in [0.2, 0.25) is 0 Å². The molecule has 0 spiro atoms. The average Bonchev–Trinajstić information content (AvgIpc) is 3.17. The van der Waals surface area contributed by atoms with Gasteiger partial charge in [0.15, 0.2) is 0 Å². The third-order valence-corrected chi connectivity index (χ3v) is 4.45. The van der Waals surface area contributed by atoms with Crippen LogP contribution in [0.1, 0.15) is 11.5 Å². The fourth-order valence-corrected chi connectivity index (χ4v) is 3.18. The van der Waals surface area contributed by atoms with Gasteiger partial charge in [-0.3, -0.25) is 4.98 Å². The maximum atomic E-state index is 4.72. The molecular weight excluding hydrogens is 411 g/mol. The molecule has 2 heterocycles. The zero-order valence-electron chi connectivity index (χ0n) is 14.9. The first-order valence-corrected chi connectivity index (χ1v) is 8.27. The quantitative estimate of drug-likeness (QED) is 0.358. The van der Waals surface area contributed by atoms with Crippen LogP contribution in [0.4, 0.5) is 0 Å². The van der Waals surface area contributed by atoms with Crippen LogP contribution in [-0.2, 0) is 26.5 Å². The molecule has 0 amide bonds. The SMILES string of the molecule is Cc1nc(C)n(C)c1-n1c(-c2ccccc2)cnc1-c1[c-]cccc1.[Rh]. The van der Waals surface area contributed by atoms with E-state index >= 15 is 0 Å². The van der Waals surface area contributed by atoms with E-state index in [1.807, 2.05) is 69.6 Å². The molecule has 0 atom stereocenters. The van der Waals surface area contributed by atoms with Gasteiger partial charge in [-0.05, 0) is 19.4 Å². The summed E-state index contributed by atoms with van der Waals surface area (Å²) in [7, 11) is 2.04. The van der Waals surface area contributed by atoms with E-state index in [1.54, 1.807) is 0 Å². The zero-order valence-corrected chi connectivity index (χ0v) is 16.5. The molecule has 4 nitrogen and oxygen atoms in total. The van der Waals surface area contributed by atoms with Crippen LogP contribution in [0.5, 0.6) is 0 Å². The molecule has 133 valence electrons. The number of hydrogen-bond donors (Lipinski definition) is 0. The molecular formula is C21H19N4Rh-. The molecule has 0 aliphatic carbocycles. The number of rotatable bonds is 3. The number of imidazole rings is 2. The molecule has 26 heavy (non-hydrogen) atoms. The van der Waals surface area contributed by atoms with E-state index in [4.69, 9.17) is 4.98 Å². The molecule has 4 rings (SSSR count). The second kappa shape index (κ2) is 7.39. The largest absolute Gasteiger partial charge is 0.318 e. The molecule has 0 saturated carbocycles. The van der Waals surface area contributed by atoms with Gasteiger partial charge in [0, 0.05) is 32.7 Å². The minimum absolute atomic E-state index is 0. The van der Waals surface area contributed by atoms with Gasteiger partial charge in [-0.25, -0.2) is 4.98 Å². The summed E-state index contributed by atoms with van der Waals surface area (Å²) in [4.78, 5) is 9.36. The fraction of sp³-hybridized carbons (Fsp3) is 0.143. The van der Waals surface area contributed by atoms with Crippen molar-refractivity contribution in [1.82, 2.24) is 19.1 Å². The van der Waals surface area contributed by atoms with Crippen molar-refractivity contribution in [2.24, 2.45) is 7.05 Å². The van der Waals surface area contributed by atoms with Gasteiger partial charge in [-0.1, -0.05) is 30.3 Å². The Morgan fingerprint density at radius 2 is 1.69 bits per heavy atom. The van der Waals surface area contributed by atoms with Crippen LogP contribution < -0.4 is 0 Å². The van der Waals surface area contributed by atoms with Crippen molar-refractivity contribution >= 4 is 0 Å². The van der Waals surface area contributed by atoms with Gasteiger partial charge in [-0.15, -0.1) is 35.9 Å². The molecule has 0 bridgehead atoms. The smallest absolute Gasteiger partial charge is 0.133 e. The summed E-state index contributed by atoms with van der Waals surface area (Å²) < 4.78 is 4.28. The zero-order chi connectivity index (χ0) is 17.4. The number of aromatic nitrogens is 4.